The molecule has 0 amide bonds. The summed E-state index contributed by atoms with van der Waals surface area (Å²) in [7, 11) is 0. The third kappa shape index (κ3) is 3.86. The van der Waals surface area contributed by atoms with Gasteiger partial charge in [0.2, 0.25) is 0 Å². The predicted octanol–water partition coefficient (Wildman–Crippen LogP) is 4.19. The molecule has 0 heterocycles. The highest BCUT2D eigenvalue weighted by Gasteiger charge is 2.15. The van der Waals surface area contributed by atoms with E-state index in [-0.39, 0.29) is 6.04 Å². The third-order valence-electron chi connectivity index (χ3n) is 2.62. The molecule has 0 radical (unpaired) electrons. The van der Waals surface area contributed by atoms with Crippen molar-refractivity contribution >= 4 is 21.6 Å². The molecule has 2 nitrogen and oxygen atoms in total. The molecule has 3 heteroatoms. The van der Waals surface area contributed by atoms with Crippen LogP contribution in [-0.2, 0) is 0 Å². The molecular weight excluding hydrogens is 264 g/mol. The summed E-state index contributed by atoms with van der Waals surface area (Å²) in [6, 6.07) is 10.1. The van der Waals surface area contributed by atoms with Crippen LogP contribution in [0.5, 0.6) is 0 Å². The fraction of sp³-hybridized carbons (Fsp3) is 0.462. The summed E-state index contributed by atoms with van der Waals surface area (Å²) in [6.45, 7) is 4.26. The van der Waals surface area contributed by atoms with Gasteiger partial charge in [-0.2, -0.15) is 5.26 Å². The summed E-state index contributed by atoms with van der Waals surface area (Å²) in [5.41, 5.74) is 0.998. The van der Waals surface area contributed by atoms with Crippen molar-refractivity contribution in [1.29, 1.82) is 5.26 Å². The fourth-order valence-electron chi connectivity index (χ4n) is 1.65. The average Bonchev–Trinajstić information content (AvgIpc) is 2.28. The van der Waals surface area contributed by atoms with Gasteiger partial charge in [-0.3, -0.25) is 0 Å². The molecule has 1 aromatic carbocycles. The Labute approximate surface area is 106 Å². The molecule has 0 fully saturated rings. The minimum Gasteiger partial charge on any atom is -0.370 e. The highest BCUT2D eigenvalue weighted by Crippen LogP contribution is 2.18. The molecule has 16 heavy (non-hydrogen) atoms. The van der Waals surface area contributed by atoms with E-state index in [2.05, 4.69) is 41.2 Å². The second-order valence-electron chi connectivity index (χ2n) is 4.02. The van der Waals surface area contributed by atoms with Gasteiger partial charge >= 0.3 is 0 Å². The summed E-state index contributed by atoms with van der Waals surface area (Å²) in [6.07, 6.45) is 2.18. The average molecular weight is 281 g/mol. The molecular formula is C13H17BrN2. The number of nitriles is 1. The van der Waals surface area contributed by atoms with Crippen molar-refractivity contribution in [1.82, 2.24) is 0 Å². The van der Waals surface area contributed by atoms with Gasteiger partial charge in [-0.25, -0.2) is 0 Å². The lowest BCUT2D eigenvalue weighted by molar-refractivity contribution is 0.500. The second-order valence-corrected chi connectivity index (χ2v) is 4.94. The van der Waals surface area contributed by atoms with Gasteiger partial charge in [0.15, 0.2) is 0 Å². The van der Waals surface area contributed by atoms with Crippen LogP contribution in [0.3, 0.4) is 0 Å². The number of hydrogen-bond donors (Lipinski definition) is 1. The van der Waals surface area contributed by atoms with E-state index in [1.165, 1.54) is 0 Å². The Morgan fingerprint density at radius 3 is 2.50 bits per heavy atom. The van der Waals surface area contributed by atoms with E-state index < -0.39 is 0 Å². The Bertz CT molecular complexity index is 353. The van der Waals surface area contributed by atoms with E-state index >= 15 is 0 Å². The van der Waals surface area contributed by atoms with Crippen molar-refractivity contribution in [2.45, 2.75) is 32.7 Å². The first-order chi connectivity index (χ1) is 7.67. The third-order valence-corrected chi connectivity index (χ3v) is 3.15. The van der Waals surface area contributed by atoms with Crippen LogP contribution in [0.2, 0.25) is 0 Å². The van der Waals surface area contributed by atoms with Crippen LogP contribution in [0.4, 0.5) is 5.69 Å². The maximum absolute atomic E-state index is 9.12. The molecule has 1 aromatic rings. The Morgan fingerprint density at radius 1 is 1.38 bits per heavy atom. The fourth-order valence-corrected chi connectivity index (χ4v) is 1.91. The van der Waals surface area contributed by atoms with Gasteiger partial charge in [-0.1, -0.05) is 36.2 Å². The number of rotatable bonds is 5. The van der Waals surface area contributed by atoms with Crippen LogP contribution in [-0.4, -0.2) is 6.04 Å². The number of benzene rings is 1. The summed E-state index contributed by atoms with van der Waals surface area (Å²) >= 11 is 3.39. The van der Waals surface area contributed by atoms with Crippen LogP contribution in [0.1, 0.15) is 26.7 Å². The van der Waals surface area contributed by atoms with Gasteiger partial charge in [0.05, 0.1) is 6.07 Å². The smallest absolute Gasteiger partial charge is 0.117 e. The molecule has 1 rings (SSSR count). The van der Waals surface area contributed by atoms with Crippen LogP contribution >= 0.6 is 15.9 Å². The molecule has 0 aliphatic rings. The first-order valence-electron chi connectivity index (χ1n) is 5.59. The van der Waals surface area contributed by atoms with Crippen molar-refractivity contribution in [3.8, 4) is 6.07 Å². The van der Waals surface area contributed by atoms with Crippen molar-refractivity contribution in [2.24, 2.45) is 5.92 Å². The van der Waals surface area contributed by atoms with Gasteiger partial charge in [-0.05, 0) is 36.6 Å². The molecule has 0 aliphatic carbocycles. The Morgan fingerprint density at radius 2 is 2.00 bits per heavy atom. The molecule has 0 bridgehead atoms. The lowest BCUT2D eigenvalue weighted by atomic mass is 9.98. The first-order valence-corrected chi connectivity index (χ1v) is 6.38. The largest absolute Gasteiger partial charge is 0.370 e. The van der Waals surface area contributed by atoms with Gasteiger partial charge in [0.25, 0.3) is 0 Å². The number of halogens is 1. The van der Waals surface area contributed by atoms with Crippen LogP contribution in [0.25, 0.3) is 0 Å². The molecule has 0 aromatic heterocycles. The zero-order chi connectivity index (χ0) is 12.0. The predicted molar refractivity (Wildman–Crippen MR) is 71.2 cm³/mol. The van der Waals surface area contributed by atoms with Crippen LogP contribution in [0.15, 0.2) is 28.7 Å². The number of anilines is 1. The number of nitrogens with zero attached hydrogens (tertiary/aromatic N) is 1. The molecule has 0 saturated carbocycles. The highest BCUT2D eigenvalue weighted by molar-refractivity contribution is 9.10. The van der Waals surface area contributed by atoms with E-state index in [9.17, 15) is 0 Å². The summed E-state index contributed by atoms with van der Waals surface area (Å²) in [5.74, 6) is 0.374. The SMILES string of the molecule is CCCC(C)C(C#N)Nc1ccc(Br)cc1. The normalized spacial score (nSPS) is 13.9. The molecule has 86 valence electrons. The molecule has 2 atom stereocenters. The van der Waals surface area contributed by atoms with Crippen molar-refractivity contribution in [2.75, 3.05) is 5.32 Å². The van der Waals surface area contributed by atoms with E-state index in [0.29, 0.717) is 5.92 Å². The highest BCUT2D eigenvalue weighted by atomic mass is 79.9. The van der Waals surface area contributed by atoms with Crippen molar-refractivity contribution in [3.63, 3.8) is 0 Å². The lowest BCUT2D eigenvalue weighted by Crippen LogP contribution is -2.25. The topological polar surface area (TPSA) is 35.8 Å². The van der Waals surface area contributed by atoms with Gasteiger partial charge in [0.1, 0.15) is 6.04 Å². The zero-order valence-corrected chi connectivity index (χ0v) is 11.3. The van der Waals surface area contributed by atoms with Crippen molar-refractivity contribution in [3.05, 3.63) is 28.7 Å². The second kappa shape index (κ2) is 6.55. The van der Waals surface area contributed by atoms with Gasteiger partial charge < -0.3 is 5.32 Å². The first kappa shape index (κ1) is 13.1. The minimum absolute atomic E-state index is 0.110. The van der Waals surface area contributed by atoms with Gasteiger partial charge in [-0.15, -0.1) is 0 Å². The van der Waals surface area contributed by atoms with E-state index in [0.717, 1.165) is 23.0 Å². The Balaban J connectivity index is 2.63. The molecule has 2 unspecified atom stereocenters. The number of nitrogens with one attached hydrogen (secondary N) is 1. The maximum Gasteiger partial charge on any atom is 0.117 e. The Hall–Kier alpha value is -1.01. The molecule has 0 saturated heterocycles. The summed E-state index contributed by atoms with van der Waals surface area (Å²) < 4.78 is 1.05. The molecule has 1 N–H and O–H groups in total. The molecule has 0 aliphatic heterocycles. The van der Waals surface area contributed by atoms with E-state index in [4.69, 9.17) is 5.26 Å². The van der Waals surface area contributed by atoms with Crippen LogP contribution in [0, 0.1) is 17.2 Å². The Kier molecular flexibility index (Phi) is 5.34. The van der Waals surface area contributed by atoms with E-state index in [1.54, 1.807) is 0 Å². The number of hydrogen-bond acceptors (Lipinski definition) is 2. The summed E-state index contributed by atoms with van der Waals surface area (Å²) in [4.78, 5) is 0. The molecule has 0 spiro atoms. The van der Waals surface area contributed by atoms with Crippen molar-refractivity contribution < 1.29 is 0 Å². The quantitative estimate of drug-likeness (QED) is 0.878. The lowest BCUT2D eigenvalue weighted by Gasteiger charge is -2.19. The summed E-state index contributed by atoms with van der Waals surface area (Å²) in [5, 5.41) is 12.4. The van der Waals surface area contributed by atoms with Crippen LogP contribution < -0.4 is 5.32 Å². The maximum atomic E-state index is 9.12. The van der Waals surface area contributed by atoms with E-state index in [1.807, 2.05) is 24.3 Å². The van der Waals surface area contributed by atoms with Gasteiger partial charge in [0, 0.05) is 10.2 Å². The standard InChI is InChI=1S/C13H17BrN2/c1-3-4-10(2)13(9-15)16-12-7-5-11(14)6-8-12/h5-8,10,13,16H,3-4H2,1-2H3. The minimum atomic E-state index is -0.110. The monoisotopic (exact) mass is 280 g/mol. The zero-order valence-electron chi connectivity index (χ0n) is 9.70.